The molecule has 2 heterocycles. The Morgan fingerprint density at radius 2 is 1.97 bits per heavy atom. The Bertz CT molecular complexity index is 1390. The molecule has 2 aromatic carbocycles. The van der Waals surface area contributed by atoms with Gasteiger partial charge in [-0.1, -0.05) is 18.2 Å². The minimum absolute atomic E-state index is 0.00255. The van der Waals surface area contributed by atoms with Crippen molar-refractivity contribution in [1.29, 1.82) is 0 Å². The zero-order valence-electron chi connectivity index (χ0n) is 16.8. The normalized spacial score (nSPS) is 16.4. The molecule has 12 heteroatoms. The van der Waals surface area contributed by atoms with Gasteiger partial charge in [-0.2, -0.15) is 0 Å². The number of hydrogen-bond donors (Lipinski definition) is 4. The van der Waals surface area contributed by atoms with E-state index in [4.69, 9.17) is 0 Å². The number of hydrogen-bond acceptors (Lipinski definition) is 7. The quantitative estimate of drug-likeness (QED) is 0.317. The Hall–Kier alpha value is -3.22. The fourth-order valence-corrected chi connectivity index (χ4v) is 4.75. The number of aromatic amines is 1. The van der Waals surface area contributed by atoms with Crippen LogP contribution in [0, 0.1) is 0 Å². The maximum atomic E-state index is 12.3. The molecule has 0 saturated carbocycles. The number of nitrogens with one attached hydrogen (secondary N) is 2. The highest BCUT2D eigenvalue weighted by Gasteiger charge is 2.32. The van der Waals surface area contributed by atoms with Crippen LogP contribution in [0.5, 0.6) is 0 Å². The van der Waals surface area contributed by atoms with E-state index in [0.717, 1.165) is 16.6 Å². The molecule has 0 saturated heterocycles. The Labute approximate surface area is 178 Å². The number of H-pyrrole nitrogens is 1. The van der Waals surface area contributed by atoms with Gasteiger partial charge >= 0.3 is 12.8 Å². The maximum Gasteiger partial charge on any atom is 0.488 e. The highest BCUT2D eigenvalue weighted by atomic mass is 32.2. The van der Waals surface area contributed by atoms with E-state index in [1.54, 1.807) is 16.8 Å². The molecule has 0 radical (unpaired) electrons. The third-order valence-electron chi connectivity index (χ3n) is 4.89. The number of imidazole rings is 1. The van der Waals surface area contributed by atoms with Gasteiger partial charge < -0.3 is 15.0 Å². The smallest absolute Gasteiger partial charge is 0.423 e. The first-order chi connectivity index (χ1) is 14.7. The van der Waals surface area contributed by atoms with E-state index in [0.29, 0.717) is 5.56 Å². The first-order valence-corrected chi connectivity index (χ1v) is 11.0. The van der Waals surface area contributed by atoms with Gasteiger partial charge in [-0.25, -0.2) is 18.2 Å². The predicted molar refractivity (Wildman–Crippen MR) is 119 cm³/mol. The average Bonchev–Trinajstić information content (AvgIpc) is 3.17. The van der Waals surface area contributed by atoms with Crippen LogP contribution in [0.4, 0.5) is 0 Å². The summed E-state index contributed by atoms with van der Waals surface area (Å²) < 4.78 is 28.6. The molecule has 1 aromatic heterocycles. The van der Waals surface area contributed by atoms with E-state index in [2.05, 4.69) is 19.7 Å². The molecule has 4 rings (SSSR count). The molecule has 0 spiro atoms. The molecule has 10 nitrogen and oxygen atoms in total. The van der Waals surface area contributed by atoms with Crippen molar-refractivity contribution < 1.29 is 18.5 Å². The lowest BCUT2D eigenvalue weighted by Gasteiger charge is -2.06. The minimum Gasteiger partial charge on any atom is -0.423 e. The SMILES string of the molecule is CC(C)n1c(=O)[nH]c2ccc(C=NCN=C3NS(=O)(=O)c4cc(B(O)O)ccc43)cc21. The fourth-order valence-electron chi connectivity index (χ4n) is 3.46. The molecule has 31 heavy (non-hydrogen) atoms. The topological polar surface area (TPSA) is 149 Å². The van der Waals surface area contributed by atoms with Crippen LogP contribution < -0.4 is 15.9 Å². The molecule has 3 aromatic rings. The molecule has 0 bridgehead atoms. The first-order valence-electron chi connectivity index (χ1n) is 9.49. The summed E-state index contributed by atoms with van der Waals surface area (Å²) in [6.45, 7) is 3.83. The predicted octanol–water partition coefficient (Wildman–Crippen LogP) is -0.295. The zero-order valence-corrected chi connectivity index (χ0v) is 17.6. The van der Waals surface area contributed by atoms with Crippen molar-refractivity contribution in [2.24, 2.45) is 9.98 Å². The second kappa shape index (κ2) is 7.80. The number of benzene rings is 2. The van der Waals surface area contributed by atoms with Gasteiger partial charge in [0.2, 0.25) is 0 Å². The van der Waals surface area contributed by atoms with Crippen LogP contribution in [0.25, 0.3) is 11.0 Å². The lowest BCUT2D eigenvalue weighted by atomic mass is 9.80. The molecule has 0 amide bonds. The molecule has 0 aliphatic carbocycles. The van der Waals surface area contributed by atoms with Crippen molar-refractivity contribution >= 4 is 45.7 Å². The van der Waals surface area contributed by atoms with Crippen LogP contribution >= 0.6 is 0 Å². The zero-order chi connectivity index (χ0) is 22.3. The Morgan fingerprint density at radius 3 is 2.68 bits per heavy atom. The van der Waals surface area contributed by atoms with Crippen LogP contribution in [-0.4, -0.2) is 53.9 Å². The molecule has 160 valence electrons. The lowest BCUT2D eigenvalue weighted by molar-refractivity contribution is 0.425. The van der Waals surface area contributed by atoms with Gasteiger partial charge in [-0.15, -0.1) is 0 Å². The van der Waals surface area contributed by atoms with Gasteiger partial charge in [0.15, 0.2) is 0 Å². The number of rotatable bonds is 5. The van der Waals surface area contributed by atoms with Crippen LogP contribution in [0.3, 0.4) is 0 Å². The second-order valence-corrected chi connectivity index (χ2v) is 9.02. The number of aliphatic imine (C=N–C) groups is 2. The molecule has 0 atom stereocenters. The lowest BCUT2D eigenvalue weighted by Crippen LogP contribution is -2.30. The summed E-state index contributed by atoms with van der Waals surface area (Å²) in [5.74, 6) is 0.140. The summed E-state index contributed by atoms with van der Waals surface area (Å²) in [5, 5.41) is 18.5. The van der Waals surface area contributed by atoms with Crippen LogP contribution in [0.2, 0.25) is 0 Å². The van der Waals surface area contributed by atoms with E-state index < -0.39 is 17.1 Å². The van der Waals surface area contributed by atoms with Crippen LogP contribution in [0.15, 0.2) is 56.1 Å². The van der Waals surface area contributed by atoms with Crippen LogP contribution in [0.1, 0.15) is 31.0 Å². The van der Waals surface area contributed by atoms with E-state index in [-0.39, 0.29) is 34.6 Å². The summed E-state index contributed by atoms with van der Waals surface area (Å²) in [4.78, 5) is 23.3. The van der Waals surface area contributed by atoms with Gasteiger partial charge in [0, 0.05) is 17.8 Å². The largest absolute Gasteiger partial charge is 0.488 e. The number of aromatic nitrogens is 2. The molecule has 0 unspecified atom stereocenters. The van der Waals surface area contributed by atoms with Gasteiger partial charge in [0.05, 0.1) is 15.9 Å². The summed E-state index contributed by atoms with van der Waals surface area (Å²) in [6.07, 6.45) is 1.60. The van der Waals surface area contributed by atoms with Gasteiger partial charge in [0.25, 0.3) is 10.0 Å². The van der Waals surface area contributed by atoms with E-state index in [1.807, 2.05) is 26.0 Å². The number of sulfonamides is 1. The van der Waals surface area contributed by atoms with Crippen molar-refractivity contribution in [3.8, 4) is 0 Å². The van der Waals surface area contributed by atoms with Crippen molar-refractivity contribution in [1.82, 2.24) is 14.3 Å². The number of fused-ring (bicyclic) bond motifs is 2. The summed E-state index contributed by atoms with van der Waals surface area (Å²) in [6, 6.07) is 9.56. The van der Waals surface area contributed by atoms with E-state index >= 15 is 0 Å². The Morgan fingerprint density at radius 1 is 1.19 bits per heavy atom. The summed E-state index contributed by atoms with van der Waals surface area (Å²) in [5.41, 5.74) is 2.53. The second-order valence-electron chi connectivity index (χ2n) is 7.37. The highest BCUT2D eigenvalue weighted by molar-refractivity contribution is 7.90. The third kappa shape index (κ3) is 3.92. The fraction of sp³-hybridized carbons (Fsp3) is 0.211. The minimum atomic E-state index is -3.83. The van der Waals surface area contributed by atoms with Gasteiger partial charge in [-0.05, 0) is 43.1 Å². The third-order valence-corrected chi connectivity index (χ3v) is 6.27. The summed E-state index contributed by atoms with van der Waals surface area (Å²) >= 11 is 0. The van der Waals surface area contributed by atoms with Crippen LogP contribution in [-0.2, 0) is 10.0 Å². The molecular formula is C19H20BN5O5S. The highest BCUT2D eigenvalue weighted by Crippen LogP contribution is 2.21. The van der Waals surface area contributed by atoms with Crippen molar-refractivity contribution in [2.75, 3.05) is 6.67 Å². The van der Waals surface area contributed by atoms with Crippen molar-refractivity contribution in [3.05, 3.63) is 58.0 Å². The molecular weight excluding hydrogens is 421 g/mol. The molecule has 1 aliphatic heterocycles. The van der Waals surface area contributed by atoms with Crippen molar-refractivity contribution in [3.63, 3.8) is 0 Å². The summed E-state index contributed by atoms with van der Waals surface area (Å²) in [7, 11) is -5.59. The molecule has 0 fully saturated rings. The standard InChI is InChI=1S/C19H20BN5O5S/c1-11(2)25-16-7-12(3-6-15(16)23-19(25)26)9-21-10-22-18-14-5-4-13(20(27)28)8-17(14)31(29,30)24-18/h3-9,11,27-28H,10H2,1-2H3,(H,22,24)(H,23,26). The van der Waals surface area contributed by atoms with Crippen molar-refractivity contribution in [2.45, 2.75) is 24.8 Å². The van der Waals surface area contributed by atoms with Gasteiger partial charge in [0.1, 0.15) is 12.5 Å². The molecule has 4 N–H and O–H groups in total. The Kier molecular flexibility index (Phi) is 5.29. The average molecular weight is 441 g/mol. The number of nitrogens with zero attached hydrogens (tertiary/aromatic N) is 3. The number of amidine groups is 1. The van der Waals surface area contributed by atoms with E-state index in [1.165, 1.54) is 18.2 Å². The maximum absolute atomic E-state index is 12.3. The van der Waals surface area contributed by atoms with Gasteiger partial charge in [-0.3, -0.25) is 14.3 Å². The first kappa shape index (κ1) is 21.0. The Balaban J connectivity index is 1.57. The molecule has 1 aliphatic rings. The van der Waals surface area contributed by atoms with E-state index in [9.17, 15) is 23.3 Å². The monoisotopic (exact) mass is 441 g/mol.